The molecule has 2 bridgehead atoms. The van der Waals surface area contributed by atoms with Gasteiger partial charge in [0.2, 0.25) is 11.8 Å². The predicted octanol–water partition coefficient (Wildman–Crippen LogP) is 3.03. The molecule has 3 fully saturated rings. The summed E-state index contributed by atoms with van der Waals surface area (Å²) in [5, 5.41) is 11.4. The molecule has 2 heterocycles. The second kappa shape index (κ2) is 7.22. The molecule has 32 heavy (non-hydrogen) atoms. The Hall–Kier alpha value is -3.62. The highest BCUT2D eigenvalue weighted by atomic mass is 16.5. The smallest absolute Gasteiger partial charge is 0.254 e. The zero-order chi connectivity index (χ0) is 22.6. The first kappa shape index (κ1) is 20.3. The van der Waals surface area contributed by atoms with Crippen LogP contribution < -0.4 is 16.8 Å². The molecular formula is C23H26N6O3. The number of amides is 2. The standard InChI is InChI=1S/C23H26N6O3/c1-12(2)29-21(24)19(22(25)31)20(27-29)15-5-3-13(4-6-15)7-17(30)26-18-8-16(28-32-18)23-9-14(10-23)11-23/h3-6,8,12,14H,7,9-11,24H2,1-2H3,(H2,25,31)(H,26,30). The summed E-state index contributed by atoms with van der Waals surface area (Å²) in [5.74, 6) is 0.660. The van der Waals surface area contributed by atoms with Gasteiger partial charge in [-0.25, -0.2) is 4.68 Å². The van der Waals surface area contributed by atoms with E-state index in [1.54, 1.807) is 16.8 Å². The Kier molecular flexibility index (Phi) is 4.58. The lowest BCUT2D eigenvalue weighted by molar-refractivity contribution is -0.115. The van der Waals surface area contributed by atoms with Crippen LogP contribution in [-0.2, 0) is 16.6 Å². The minimum atomic E-state index is -0.627. The third-order valence-corrected chi connectivity index (χ3v) is 6.63. The number of aromatic nitrogens is 3. The quantitative estimate of drug-likeness (QED) is 0.522. The summed E-state index contributed by atoms with van der Waals surface area (Å²) in [6, 6.07) is 9.07. The van der Waals surface area contributed by atoms with E-state index in [4.69, 9.17) is 16.0 Å². The van der Waals surface area contributed by atoms with Gasteiger partial charge in [0, 0.05) is 23.1 Å². The third-order valence-electron chi connectivity index (χ3n) is 6.63. The minimum absolute atomic E-state index is 0.0176. The first-order valence-electron chi connectivity index (χ1n) is 10.8. The fraction of sp³-hybridized carbons (Fsp3) is 0.391. The van der Waals surface area contributed by atoms with Crippen molar-refractivity contribution < 1.29 is 14.1 Å². The van der Waals surface area contributed by atoms with Gasteiger partial charge in [0.15, 0.2) is 0 Å². The van der Waals surface area contributed by atoms with Crippen molar-refractivity contribution in [3.05, 3.63) is 47.2 Å². The van der Waals surface area contributed by atoms with Crippen LogP contribution in [0.3, 0.4) is 0 Å². The molecule has 0 aliphatic heterocycles. The van der Waals surface area contributed by atoms with Gasteiger partial charge in [-0.05, 0) is 44.6 Å². The summed E-state index contributed by atoms with van der Waals surface area (Å²) in [4.78, 5) is 24.4. The highest BCUT2D eigenvalue weighted by molar-refractivity contribution is 6.03. The van der Waals surface area contributed by atoms with Crippen molar-refractivity contribution >= 4 is 23.5 Å². The van der Waals surface area contributed by atoms with E-state index in [1.807, 2.05) is 32.0 Å². The topological polar surface area (TPSA) is 142 Å². The van der Waals surface area contributed by atoms with Gasteiger partial charge >= 0.3 is 0 Å². The van der Waals surface area contributed by atoms with E-state index < -0.39 is 5.91 Å². The molecule has 0 atom stereocenters. The molecule has 0 radical (unpaired) electrons. The molecule has 9 heteroatoms. The molecule has 0 spiro atoms. The average Bonchev–Trinajstić information content (AvgIpc) is 3.24. The highest BCUT2D eigenvalue weighted by Crippen LogP contribution is 2.64. The molecule has 2 amide bonds. The van der Waals surface area contributed by atoms with E-state index in [1.165, 1.54) is 19.3 Å². The Morgan fingerprint density at radius 1 is 1.25 bits per heavy atom. The molecule has 3 aliphatic rings. The molecule has 6 rings (SSSR count). The van der Waals surface area contributed by atoms with Gasteiger partial charge in [0.25, 0.3) is 5.91 Å². The van der Waals surface area contributed by atoms with Gasteiger partial charge in [-0.3, -0.25) is 14.9 Å². The van der Waals surface area contributed by atoms with Gasteiger partial charge in [-0.1, -0.05) is 29.4 Å². The molecular weight excluding hydrogens is 408 g/mol. The van der Waals surface area contributed by atoms with E-state index in [2.05, 4.69) is 15.6 Å². The number of carbonyl (C=O) groups excluding carboxylic acids is 2. The zero-order valence-electron chi connectivity index (χ0n) is 18.1. The molecule has 166 valence electrons. The number of benzene rings is 1. The first-order chi connectivity index (χ1) is 15.3. The van der Waals surface area contributed by atoms with Crippen molar-refractivity contribution in [1.29, 1.82) is 0 Å². The molecule has 3 aromatic rings. The Labute approximate surface area is 185 Å². The number of rotatable bonds is 7. The predicted molar refractivity (Wildman–Crippen MR) is 119 cm³/mol. The number of carbonyl (C=O) groups is 2. The number of anilines is 2. The summed E-state index contributed by atoms with van der Waals surface area (Å²) in [5.41, 5.74) is 14.9. The van der Waals surface area contributed by atoms with Crippen LogP contribution in [0.15, 0.2) is 34.9 Å². The maximum atomic E-state index is 12.5. The fourth-order valence-corrected chi connectivity index (χ4v) is 4.81. The van der Waals surface area contributed by atoms with E-state index in [9.17, 15) is 9.59 Å². The van der Waals surface area contributed by atoms with E-state index in [0.717, 1.165) is 17.2 Å². The van der Waals surface area contributed by atoms with Crippen molar-refractivity contribution in [3.8, 4) is 11.3 Å². The van der Waals surface area contributed by atoms with Gasteiger partial charge in [0.1, 0.15) is 17.1 Å². The number of nitrogen functional groups attached to an aromatic ring is 1. The van der Waals surface area contributed by atoms with Crippen LogP contribution in [0.2, 0.25) is 0 Å². The van der Waals surface area contributed by atoms with Crippen molar-refractivity contribution in [1.82, 2.24) is 14.9 Å². The third kappa shape index (κ3) is 3.24. The Morgan fingerprint density at radius 3 is 2.50 bits per heavy atom. The van der Waals surface area contributed by atoms with E-state index >= 15 is 0 Å². The van der Waals surface area contributed by atoms with Gasteiger partial charge in [0.05, 0.1) is 12.1 Å². The number of nitrogens with zero attached hydrogens (tertiary/aromatic N) is 3. The second-order valence-electron chi connectivity index (χ2n) is 9.27. The number of primary amides is 1. The van der Waals surface area contributed by atoms with Crippen LogP contribution in [0.4, 0.5) is 11.7 Å². The summed E-state index contributed by atoms with van der Waals surface area (Å²) in [6.45, 7) is 3.85. The van der Waals surface area contributed by atoms with Crippen LogP contribution in [0.25, 0.3) is 11.3 Å². The molecule has 2 aromatic heterocycles. The van der Waals surface area contributed by atoms with Crippen molar-refractivity contribution in [3.63, 3.8) is 0 Å². The molecule has 9 nitrogen and oxygen atoms in total. The Bertz CT molecular complexity index is 1190. The number of nitrogens with one attached hydrogen (secondary N) is 1. The fourth-order valence-electron chi connectivity index (χ4n) is 4.81. The van der Waals surface area contributed by atoms with Gasteiger partial charge < -0.3 is 16.0 Å². The van der Waals surface area contributed by atoms with Crippen molar-refractivity contribution in [2.24, 2.45) is 11.7 Å². The van der Waals surface area contributed by atoms with Crippen LogP contribution in [0.1, 0.15) is 60.8 Å². The van der Waals surface area contributed by atoms with Gasteiger partial charge in [-0.2, -0.15) is 5.10 Å². The maximum Gasteiger partial charge on any atom is 0.254 e. The Morgan fingerprint density at radius 2 is 1.94 bits per heavy atom. The maximum absolute atomic E-state index is 12.5. The van der Waals surface area contributed by atoms with Crippen LogP contribution in [-0.4, -0.2) is 26.8 Å². The molecule has 0 unspecified atom stereocenters. The first-order valence-corrected chi connectivity index (χ1v) is 10.8. The number of hydrogen-bond acceptors (Lipinski definition) is 6. The summed E-state index contributed by atoms with van der Waals surface area (Å²) < 4.78 is 6.90. The highest BCUT2D eigenvalue weighted by Gasteiger charge is 2.59. The molecule has 1 aromatic carbocycles. The largest absolute Gasteiger partial charge is 0.383 e. The number of nitrogens with two attached hydrogens (primary N) is 2. The normalized spacial score (nSPS) is 21.2. The van der Waals surface area contributed by atoms with E-state index in [0.29, 0.717) is 17.1 Å². The molecule has 5 N–H and O–H groups in total. The summed E-state index contributed by atoms with van der Waals surface area (Å²) in [6.07, 6.45) is 3.71. The second-order valence-corrected chi connectivity index (χ2v) is 9.27. The lowest BCUT2D eigenvalue weighted by Crippen LogP contribution is -2.55. The summed E-state index contributed by atoms with van der Waals surface area (Å²) in [7, 11) is 0. The molecule has 3 saturated carbocycles. The minimum Gasteiger partial charge on any atom is -0.383 e. The van der Waals surface area contributed by atoms with Crippen LogP contribution in [0, 0.1) is 5.92 Å². The van der Waals surface area contributed by atoms with Gasteiger partial charge in [-0.15, -0.1) is 0 Å². The zero-order valence-corrected chi connectivity index (χ0v) is 18.1. The SMILES string of the molecule is CC(C)n1nc(-c2ccc(CC(=O)Nc3cc(C45CC(C4)C5)no3)cc2)c(C(N)=O)c1N. The lowest BCUT2D eigenvalue weighted by Gasteiger charge is -2.60. The van der Waals surface area contributed by atoms with Crippen molar-refractivity contribution in [2.45, 2.75) is 51.0 Å². The lowest BCUT2D eigenvalue weighted by atomic mass is 9.43. The van der Waals surface area contributed by atoms with E-state index in [-0.39, 0.29) is 35.2 Å². The van der Waals surface area contributed by atoms with Crippen LogP contribution in [0.5, 0.6) is 0 Å². The average molecular weight is 435 g/mol. The molecule has 3 aliphatic carbocycles. The summed E-state index contributed by atoms with van der Waals surface area (Å²) >= 11 is 0. The van der Waals surface area contributed by atoms with Crippen molar-refractivity contribution in [2.75, 3.05) is 11.1 Å². The Balaban J connectivity index is 1.27. The van der Waals surface area contributed by atoms with Crippen LogP contribution >= 0.6 is 0 Å². The monoisotopic (exact) mass is 434 g/mol. The molecule has 0 saturated heterocycles. The number of hydrogen-bond donors (Lipinski definition) is 3.